The molecule has 17 heavy (non-hydrogen) atoms. The Morgan fingerprint density at radius 2 is 1.76 bits per heavy atom. The first kappa shape index (κ1) is 14.6. The number of alkyl halides is 6. The highest BCUT2D eigenvalue weighted by Gasteiger charge is 2.44. The quantitative estimate of drug-likeness (QED) is 0.774. The van der Waals surface area contributed by atoms with E-state index in [0.717, 1.165) is 4.90 Å². The fourth-order valence-electron chi connectivity index (χ4n) is 1.84. The zero-order chi connectivity index (χ0) is 13.3. The van der Waals surface area contributed by atoms with Crippen LogP contribution in [0, 0.1) is 5.92 Å². The van der Waals surface area contributed by atoms with E-state index in [4.69, 9.17) is 5.11 Å². The molecule has 0 spiro atoms. The molecule has 1 heterocycles. The van der Waals surface area contributed by atoms with Crippen LogP contribution in [0.2, 0.25) is 0 Å². The van der Waals surface area contributed by atoms with E-state index in [1.165, 1.54) is 0 Å². The Balaban J connectivity index is 2.51. The molecular weight excluding hydrogens is 252 g/mol. The maximum Gasteiger partial charge on any atom is 0.415 e. The van der Waals surface area contributed by atoms with E-state index in [9.17, 15) is 26.3 Å². The minimum atomic E-state index is -4.79. The molecule has 1 N–H and O–H groups in total. The van der Waals surface area contributed by atoms with Gasteiger partial charge in [-0.25, -0.2) is 0 Å². The van der Waals surface area contributed by atoms with Crippen LogP contribution < -0.4 is 0 Å². The van der Waals surface area contributed by atoms with Crippen molar-refractivity contribution in [2.45, 2.75) is 31.3 Å². The number of hydrogen-bond acceptors (Lipinski definition) is 2. The summed E-state index contributed by atoms with van der Waals surface area (Å²) in [5.41, 5.74) is 0. The van der Waals surface area contributed by atoms with E-state index in [0.29, 0.717) is 0 Å². The minimum absolute atomic E-state index is 0.0673. The summed E-state index contributed by atoms with van der Waals surface area (Å²) in [6.45, 7) is -1.12. The van der Waals surface area contributed by atoms with Crippen LogP contribution in [0.4, 0.5) is 26.3 Å². The van der Waals surface area contributed by atoms with Crippen molar-refractivity contribution in [3.05, 3.63) is 0 Å². The van der Waals surface area contributed by atoms with Crippen molar-refractivity contribution in [3.8, 4) is 0 Å². The van der Waals surface area contributed by atoms with Crippen molar-refractivity contribution >= 4 is 0 Å². The summed E-state index contributed by atoms with van der Waals surface area (Å²) in [5, 5.41) is 8.78. The van der Waals surface area contributed by atoms with Gasteiger partial charge in [0.1, 0.15) is 0 Å². The molecule has 2 unspecified atom stereocenters. The Hall–Kier alpha value is -0.500. The Morgan fingerprint density at radius 3 is 2.24 bits per heavy atom. The molecule has 0 aliphatic carbocycles. The molecular formula is C9H13F6NO. The topological polar surface area (TPSA) is 23.5 Å². The second-order valence-corrected chi connectivity index (χ2v) is 4.20. The predicted molar refractivity (Wildman–Crippen MR) is 47.3 cm³/mol. The fraction of sp³-hybridized carbons (Fsp3) is 1.00. The third-order valence-electron chi connectivity index (χ3n) is 2.78. The molecule has 1 fully saturated rings. The number of hydrogen-bond donors (Lipinski definition) is 1. The van der Waals surface area contributed by atoms with Gasteiger partial charge in [0, 0.05) is 13.1 Å². The van der Waals surface area contributed by atoms with E-state index in [1.54, 1.807) is 0 Å². The van der Waals surface area contributed by atoms with Gasteiger partial charge in [-0.05, 0) is 19.4 Å². The molecule has 0 aromatic heterocycles. The highest BCUT2D eigenvalue weighted by Crippen LogP contribution is 2.33. The molecule has 1 rings (SSSR count). The molecule has 8 heteroatoms. The maximum absolute atomic E-state index is 12.4. The Labute approximate surface area is 94.2 Å². The van der Waals surface area contributed by atoms with Crippen molar-refractivity contribution in [2.24, 2.45) is 5.92 Å². The molecule has 0 saturated carbocycles. The molecule has 102 valence electrons. The summed E-state index contributed by atoms with van der Waals surface area (Å²) >= 11 is 0. The number of aliphatic hydroxyl groups is 1. The second kappa shape index (κ2) is 5.01. The van der Waals surface area contributed by atoms with Gasteiger partial charge in [-0.15, -0.1) is 0 Å². The standard InChI is InChI=1S/C9H13F6NO/c10-8(11,12)6-2-1-3-16(4-6)5-7(17)9(13,14)15/h6-7,17H,1-5H2. The van der Waals surface area contributed by atoms with Crippen LogP contribution in [0.3, 0.4) is 0 Å². The number of aliphatic hydroxyl groups excluding tert-OH is 1. The summed E-state index contributed by atoms with van der Waals surface area (Å²) in [4.78, 5) is 1.01. The lowest BCUT2D eigenvalue weighted by atomic mass is 9.97. The molecule has 2 atom stereocenters. The zero-order valence-electron chi connectivity index (χ0n) is 8.85. The van der Waals surface area contributed by atoms with Gasteiger partial charge < -0.3 is 5.11 Å². The highest BCUT2D eigenvalue weighted by atomic mass is 19.4. The molecule has 0 bridgehead atoms. The lowest BCUT2D eigenvalue weighted by Crippen LogP contribution is -2.47. The molecule has 2 nitrogen and oxygen atoms in total. The van der Waals surface area contributed by atoms with Gasteiger partial charge in [0.05, 0.1) is 5.92 Å². The molecule has 0 aromatic carbocycles. The third kappa shape index (κ3) is 4.34. The average Bonchev–Trinajstić information content (AvgIpc) is 2.15. The Morgan fingerprint density at radius 1 is 1.18 bits per heavy atom. The summed E-state index contributed by atoms with van der Waals surface area (Å²) in [6, 6.07) is 0. The van der Waals surface area contributed by atoms with Crippen LogP contribution in [0.5, 0.6) is 0 Å². The minimum Gasteiger partial charge on any atom is -0.382 e. The summed E-state index contributed by atoms with van der Waals surface area (Å²) in [5.74, 6) is -1.60. The largest absolute Gasteiger partial charge is 0.415 e. The van der Waals surface area contributed by atoms with Crippen LogP contribution in [-0.2, 0) is 0 Å². The van der Waals surface area contributed by atoms with Gasteiger partial charge in [-0.2, -0.15) is 26.3 Å². The van der Waals surface area contributed by atoms with Gasteiger partial charge in [0.25, 0.3) is 0 Å². The van der Waals surface area contributed by atoms with Gasteiger partial charge in [-0.3, -0.25) is 4.90 Å². The van der Waals surface area contributed by atoms with Crippen LogP contribution in [-0.4, -0.2) is 48.1 Å². The smallest absolute Gasteiger partial charge is 0.382 e. The van der Waals surface area contributed by atoms with E-state index in [-0.39, 0.29) is 19.4 Å². The predicted octanol–water partition coefficient (Wildman–Crippen LogP) is 2.18. The first-order valence-corrected chi connectivity index (χ1v) is 5.14. The highest BCUT2D eigenvalue weighted by molar-refractivity contribution is 4.80. The van der Waals surface area contributed by atoms with E-state index in [2.05, 4.69) is 0 Å². The summed E-state index contributed by atoms with van der Waals surface area (Å²) < 4.78 is 73.2. The normalized spacial score (nSPS) is 25.9. The van der Waals surface area contributed by atoms with Gasteiger partial charge in [0.15, 0.2) is 6.10 Å². The van der Waals surface area contributed by atoms with Crippen molar-refractivity contribution in [3.63, 3.8) is 0 Å². The summed E-state index contributed by atoms with van der Waals surface area (Å²) in [7, 11) is 0. The zero-order valence-corrected chi connectivity index (χ0v) is 8.85. The van der Waals surface area contributed by atoms with Gasteiger partial charge >= 0.3 is 12.4 Å². The van der Waals surface area contributed by atoms with Crippen molar-refractivity contribution < 1.29 is 31.4 Å². The van der Waals surface area contributed by atoms with Crippen LogP contribution >= 0.6 is 0 Å². The molecule has 0 amide bonds. The lowest BCUT2D eigenvalue weighted by Gasteiger charge is -2.34. The number of nitrogens with zero attached hydrogens (tertiary/aromatic N) is 1. The number of likely N-dealkylation sites (tertiary alicyclic amines) is 1. The second-order valence-electron chi connectivity index (χ2n) is 4.20. The lowest BCUT2D eigenvalue weighted by molar-refractivity contribution is -0.215. The number of β-amino-alcohol motifs (C(OH)–C–C–N with tert-alkyl or cyclic N) is 1. The monoisotopic (exact) mass is 265 g/mol. The van der Waals surface area contributed by atoms with Crippen LogP contribution in [0.1, 0.15) is 12.8 Å². The van der Waals surface area contributed by atoms with Gasteiger partial charge in [-0.1, -0.05) is 0 Å². The Kier molecular flexibility index (Phi) is 4.29. The van der Waals surface area contributed by atoms with Crippen molar-refractivity contribution in [1.82, 2.24) is 4.90 Å². The molecule has 1 aliphatic heterocycles. The third-order valence-corrected chi connectivity index (χ3v) is 2.78. The van der Waals surface area contributed by atoms with E-state index in [1.807, 2.05) is 0 Å². The van der Waals surface area contributed by atoms with E-state index >= 15 is 0 Å². The number of rotatable bonds is 2. The van der Waals surface area contributed by atoms with Crippen molar-refractivity contribution in [2.75, 3.05) is 19.6 Å². The summed E-state index contributed by atoms with van der Waals surface area (Å²) in [6.07, 6.45) is -11.6. The first-order chi connectivity index (χ1) is 7.60. The number of halogens is 6. The van der Waals surface area contributed by atoms with Crippen molar-refractivity contribution in [1.29, 1.82) is 0 Å². The fourth-order valence-corrected chi connectivity index (χ4v) is 1.84. The molecule has 0 aromatic rings. The maximum atomic E-state index is 12.4. The number of piperidine rings is 1. The average molecular weight is 265 g/mol. The van der Waals surface area contributed by atoms with Crippen LogP contribution in [0.25, 0.3) is 0 Å². The molecule has 0 radical (unpaired) electrons. The Bertz CT molecular complexity index is 249. The van der Waals surface area contributed by atoms with E-state index < -0.39 is 37.5 Å². The van der Waals surface area contributed by atoms with Gasteiger partial charge in [0.2, 0.25) is 0 Å². The first-order valence-electron chi connectivity index (χ1n) is 5.14. The molecule has 1 aliphatic rings. The molecule has 1 saturated heterocycles. The van der Waals surface area contributed by atoms with Crippen LogP contribution in [0.15, 0.2) is 0 Å². The SMILES string of the molecule is OC(CN1CCCC(C(F)(F)F)C1)C(F)(F)F.